The summed E-state index contributed by atoms with van der Waals surface area (Å²) >= 11 is 0. The zero-order valence-electron chi connectivity index (χ0n) is 7.62. The van der Waals surface area contributed by atoms with Crippen LogP contribution < -0.4 is 10.8 Å². The maximum Gasteiger partial charge on any atom is 0.350 e. The van der Waals surface area contributed by atoms with Gasteiger partial charge in [0, 0.05) is 13.6 Å². The number of hydrogen-bond donors (Lipinski definition) is 2. The lowest BCUT2D eigenvalue weighted by Gasteiger charge is -2.08. The molecule has 2 N–H and O–H groups in total. The summed E-state index contributed by atoms with van der Waals surface area (Å²) in [5, 5.41) is 11.4. The van der Waals surface area contributed by atoms with Crippen LogP contribution in [0.25, 0.3) is 0 Å². The van der Waals surface area contributed by atoms with Crippen LogP contribution in [-0.2, 0) is 11.3 Å². The van der Waals surface area contributed by atoms with Gasteiger partial charge in [-0.05, 0) is 6.07 Å². The van der Waals surface area contributed by atoms with Gasteiger partial charge in [0.05, 0.1) is 0 Å². The second kappa shape index (κ2) is 5.50. The normalized spacial score (nSPS) is 10.3. The van der Waals surface area contributed by atoms with Crippen LogP contribution in [0.5, 0.6) is 0 Å². The van der Waals surface area contributed by atoms with E-state index in [0.717, 1.165) is 4.57 Å². The first-order valence-corrected chi connectivity index (χ1v) is 8.42. The van der Waals surface area contributed by atoms with Gasteiger partial charge in [-0.25, -0.2) is 4.79 Å². The molecule has 0 bridgehead atoms. The Bertz CT molecular complexity index is 420. The summed E-state index contributed by atoms with van der Waals surface area (Å²) in [6.07, 6.45) is 1.40. The van der Waals surface area contributed by atoms with Gasteiger partial charge in [0.15, 0.2) is 0 Å². The van der Waals surface area contributed by atoms with Crippen LogP contribution in [0.2, 0.25) is 0 Å². The van der Waals surface area contributed by atoms with Gasteiger partial charge in [-0.3, -0.25) is 9.36 Å². The fraction of sp³-hybridized carbons (Fsp3) is 0.167. The highest BCUT2D eigenvalue weighted by atomic mass is 32.4. The number of hydrogen-bond acceptors (Lipinski definition) is 4. The standard InChI is InChI=1S/C6H10N3O3P3/c10-5(11)3-9-2-1-4(7-6(9)12)8-15(13)14/h1-2H,3,13-14H2,(H,10,11)(H,7,8,12). The molecule has 0 radical (unpaired) electrons. The molecule has 1 rings (SSSR count). The SMILES string of the molecule is O=C(O)Cn1ccc(NP(P)P)nc1=O. The Balaban J connectivity index is 2.88. The summed E-state index contributed by atoms with van der Waals surface area (Å²) in [6.45, 7) is -0.372. The van der Waals surface area contributed by atoms with Gasteiger partial charge in [0.1, 0.15) is 12.4 Å². The van der Waals surface area contributed by atoms with Crippen LogP contribution in [0.4, 0.5) is 5.82 Å². The minimum absolute atomic E-state index is 0.372. The summed E-state index contributed by atoms with van der Waals surface area (Å²) in [5.74, 6) is -0.628. The zero-order valence-corrected chi connectivity index (χ0v) is 10.8. The molecular weight excluding hydrogens is 255 g/mol. The molecule has 1 aromatic heterocycles. The number of carbonyl (C=O) groups is 1. The highest BCUT2D eigenvalue weighted by Crippen LogP contribution is 2.51. The molecule has 0 saturated carbocycles. The van der Waals surface area contributed by atoms with E-state index < -0.39 is 19.1 Å². The molecule has 2 unspecified atom stereocenters. The van der Waals surface area contributed by atoms with Gasteiger partial charge in [0.2, 0.25) is 0 Å². The number of nitrogens with zero attached hydrogens (tertiary/aromatic N) is 2. The third-order valence-corrected chi connectivity index (χ3v) is 2.69. The van der Waals surface area contributed by atoms with Crippen LogP contribution in [0.1, 0.15) is 0 Å². The molecule has 0 aliphatic carbocycles. The molecule has 0 spiro atoms. The molecule has 9 heteroatoms. The Morgan fingerprint density at radius 3 is 2.80 bits per heavy atom. The first-order chi connectivity index (χ1) is 6.99. The second-order valence-electron chi connectivity index (χ2n) is 2.64. The van der Waals surface area contributed by atoms with Crippen molar-refractivity contribution in [2.75, 3.05) is 5.09 Å². The predicted molar refractivity (Wildman–Crippen MR) is 66.1 cm³/mol. The van der Waals surface area contributed by atoms with Crippen molar-refractivity contribution in [3.63, 3.8) is 0 Å². The molecular formula is C6H10N3O3P3. The third kappa shape index (κ3) is 4.21. The van der Waals surface area contributed by atoms with Crippen molar-refractivity contribution in [2.45, 2.75) is 6.54 Å². The lowest BCUT2D eigenvalue weighted by molar-refractivity contribution is -0.137. The molecule has 0 aliphatic rings. The minimum atomic E-state index is -1.07. The second-order valence-corrected chi connectivity index (χ2v) is 8.80. The van der Waals surface area contributed by atoms with Crippen LogP contribution in [0.15, 0.2) is 17.1 Å². The van der Waals surface area contributed by atoms with Crippen molar-refractivity contribution < 1.29 is 9.90 Å². The van der Waals surface area contributed by atoms with E-state index >= 15 is 0 Å². The summed E-state index contributed by atoms with van der Waals surface area (Å²) < 4.78 is 1.03. The Morgan fingerprint density at radius 2 is 2.33 bits per heavy atom. The molecule has 6 nitrogen and oxygen atoms in total. The van der Waals surface area contributed by atoms with Crippen molar-refractivity contribution in [3.8, 4) is 0 Å². The van der Waals surface area contributed by atoms with E-state index in [1.54, 1.807) is 6.07 Å². The fourth-order valence-corrected chi connectivity index (χ4v) is 2.07. The van der Waals surface area contributed by atoms with Gasteiger partial charge in [-0.15, -0.1) is 0 Å². The van der Waals surface area contributed by atoms with Gasteiger partial charge in [-0.2, -0.15) is 4.98 Å². The molecule has 1 heterocycles. The molecule has 2 atom stereocenters. The zero-order chi connectivity index (χ0) is 11.4. The average molecular weight is 265 g/mol. The summed E-state index contributed by atoms with van der Waals surface area (Å²) in [6, 6.07) is 1.56. The molecule has 0 fully saturated rings. The highest BCUT2D eigenvalue weighted by Gasteiger charge is 2.04. The van der Waals surface area contributed by atoms with Crippen molar-refractivity contribution in [2.24, 2.45) is 0 Å². The lowest BCUT2D eigenvalue weighted by atomic mass is 10.5. The quantitative estimate of drug-likeness (QED) is 0.783. The van der Waals surface area contributed by atoms with Crippen LogP contribution in [0.3, 0.4) is 0 Å². The van der Waals surface area contributed by atoms with E-state index in [9.17, 15) is 9.59 Å². The highest BCUT2D eigenvalue weighted by molar-refractivity contribution is 8.43. The van der Waals surface area contributed by atoms with Crippen molar-refractivity contribution in [1.29, 1.82) is 0 Å². The van der Waals surface area contributed by atoms with E-state index in [4.69, 9.17) is 5.11 Å². The first-order valence-electron chi connectivity index (χ1n) is 3.84. The van der Waals surface area contributed by atoms with E-state index in [2.05, 4.69) is 27.9 Å². The third-order valence-electron chi connectivity index (χ3n) is 1.42. The monoisotopic (exact) mass is 265 g/mol. The summed E-state index contributed by atoms with van der Waals surface area (Å²) in [5.41, 5.74) is -0.575. The molecule has 0 saturated heterocycles. The number of carboxylic acid groups (broad SMARTS) is 1. The maximum absolute atomic E-state index is 11.3. The fourth-order valence-electron chi connectivity index (χ4n) is 0.889. The van der Waals surface area contributed by atoms with Crippen LogP contribution in [-0.4, -0.2) is 20.6 Å². The number of rotatable bonds is 4. The number of aliphatic carboxylic acids is 1. The number of carboxylic acids is 1. The van der Waals surface area contributed by atoms with Crippen molar-refractivity contribution in [3.05, 3.63) is 22.7 Å². The van der Waals surface area contributed by atoms with Crippen molar-refractivity contribution >= 4 is 37.1 Å². The van der Waals surface area contributed by atoms with E-state index in [-0.39, 0.29) is 6.54 Å². The smallest absolute Gasteiger partial charge is 0.350 e. The van der Waals surface area contributed by atoms with Gasteiger partial charge >= 0.3 is 11.7 Å². The minimum Gasteiger partial charge on any atom is -0.480 e. The Kier molecular flexibility index (Phi) is 4.59. The van der Waals surface area contributed by atoms with E-state index in [0.29, 0.717) is 5.82 Å². The Hall–Kier alpha value is -0.560. The lowest BCUT2D eigenvalue weighted by Crippen LogP contribution is -2.26. The van der Waals surface area contributed by atoms with Gasteiger partial charge in [0.25, 0.3) is 0 Å². The topological polar surface area (TPSA) is 84.2 Å². The molecule has 0 aliphatic heterocycles. The molecule has 0 aromatic carbocycles. The molecule has 15 heavy (non-hydrogen) atoms. The van der Waals surface area contributed by atoms with Crippen LogP contribution >= 0.6 is 25.3 Å². The predicted octanol–water partition coefficient (Wildman–Crippen LogP) is 0.717. The van der Waals surface area contributed by atoms with Crippen molar-refractivity contribution in [1.82, 2.24) is 9.55 Å². The van der Waals surface area contributed by atoms with E-state index in [1.807, 2.05) is 0 Å². The maximum atomic E-state index is 11.3. The Labute approximate surface area is 91.5 Å². The first kappa shape index (κ1) is 12.5. The Morgan fingerprint density at radius 1 is 1.67 bits per heavy atom. The molecule has 0 amide bonds. The van der Waals surface area contributed by atoms with Gasteiger partial charge < -0.3 is 10.2 Å². The largest absolute Gasteiger partial charge is 0.480 e. The molecule has 82 valence electrons. The number of anilines is 1. The van der Waals surface area contributed by atoms with E-state index in [1.165, 1.54) is 6.20 Å². The summed E-state index contributed by atoms with van der Waals surface area (Å²) in [4.78, 5) is 25.4. The van der Waals surface area contributed by atoms with Gasteiger partial charge in [-0.1, -0.05) is 17.9 Å². The summed E-state index contributed by atoms with van der Waals surface area (Å²) in [7, 11) is 4.51. The number of aromatic nitrogens is 2. The average Bonchev–Trinajstić information content (AvgIpc) is 2.08. The number of nitrogens with one attached hydrogen (secondary N) is 1. The molecule has 1 aromatic rings. The van der Waals surface area contributed by atoms with Crippen LogP contribution in [0, 0.1) is 0 Å².